The van der Waals surface area contributed by atoms with Crippen LogP contribution in [0, 0.1) is 0 Å². The second kappa shape index (κ2) is 5.35. The van der Waals surface area contributed by atoms with Gasteiger partial charge in [0.15, 0.2) is 0 Å². The van der Waals surface area contributed by atoms with Gasteiger partial charge in [0.2, 0.25) is 5.89 Å². The first-order valence-electron chi connectivity index (χ1n) is 5.15. The Morgan fingerprint density at radius 3 is 2.47 bits per heavy atom. The van der Waals surface area contributed by atoms with Crippen molar-refractivity contribution in [3.05, 3.63) is 5.89 Å². The largest absolute Gasteiger partial charge is 0.406 e. The Kier molecular flexibility index (Phi) is 4.33. The molecule has 0 aliphatic rings. The van der Waals surface area contributed by atoms with Gasteiger partial charge in [0.25, 0.3) is 0 Å². The third kappa shape index (κ3) is 4.59. The van der Waals surface area contributed by atoms with Gasteiger partial charge < -0.3 is 15.1 Å². The summed E-state index contributed by atoms with van der Waals surface area (Å²) in [4.78, 5) is 0. The zero-order chi connectivity index (χ0) is 13.1. The number of nitrogens with one attached hydrogen (secondary N) is 2. The van der Waals surface area contributed by atoms with E-state index in [1.54, 1.807) is 14.0 Å². The fraction of sp³-hybridized carbons (Fsp3) is 0.778. The van der Waals surface area contributed by atoms with E-state index in [4.69, 9.17) is 4.42 Å². The third-order valence-corrected chi connectivity index (χ3v) is 2.15. The van der Waals surface area contributed by atoms with Crippen molar-refractivity contribution >= 4 is 6.01 Å². The predicted molar refractivity (Wildman–Crippen MR) is 55.5 cm³/mol. The normalized spacial score (nSPS) is 15.6. The summed E-state index contributed by atoms with van der Waals surface area (Å²) in [6, 6.07) is -0.956. The Morgan fingerprint density at radius 1 is 1.29 bits per heavy atom. The van der Waals surface area contributed by atoms with Crippen molar-refractivity contribution in [3.63, 3.8) is 0 Å². The molecule has 1 aromatic heterocycles. The number of alkyl halides is 3. The van der Waals surface area contributed by atoms with Gasteiger partial charge in [-0.1, -0.05) is 5.10 Å². The maximum atomic E-state index is 12.1. The van der Waals surface area contributed by atoms with Gasteiger partial charge in [-0.15, -0.1) is 5.10 Å². The van der Waals surface area contributed by atoms with Crippen LogP contribution in [0.1, 0.15) is 32.2 Å². The Balaban J connectivity index is 2.54. The number of rotatable bonds is 5. The molecule has 17 heavy (non-hydrogen) atoms. The number of nitrogens with zero attached hydrogens (tertiary/aromatic N) is 2. The van der Waals surface area contributed by atoms with Crippen molar-refractivity contribution in [2.75, 3.05) is 12.4 Å². The molecule has 2 N–H and O–H groups in total. The molecule has 2 unspecified atom stereocenters. The molecule has 0 amide bonds. The molecule has 98 valence electrons. The lowest BCUT2D eigenvalue weighted by atomic mass is 10.2. The first-order chi connectivity index (χ1) is 7.81. The highest BCUT2D eigenvalue weighted by Crippen LogP contribution is 2.23. The lowest BCUT2D eigenvalue weighted by Gasteiger charge is -2.13. The van der Waals surface area contributed by atoms with Gasteiger partial charge in [0.05, 0.1) is 12.5 Å². The van der Waals surface area contributed by atoms with E-state index >= 15 is 0 Å². The van der Waals surface area contributed by atoms with Crippen LogP contribution in [0.4, 0.5) is 19.2 Å². The maximum absolute atomic E-state index is 12.1. The summed E-state index contributed by atoms with van der Waals surface area (Å²) in [6.45, 7) is 3.20. The van der Waals surface area contributed by atoms with Crippen LogP contribution in [-0.4, -0.2) is 29.5 Å². The van der Waals surface area contributed by atoms with Crippen molar-refractivity contribution in [2.45, 2.75) is 38.5 Å². The molecule has 1 rings (SSSR count). The van der Waals surface area contributed by atoms with E-state index in [1.165, 1.54) is 6.92 Å². The number of hydrogen-bond acceptors (Lipinski definition) is 5. The number of hydrogen-bond donors (Lipinski definition) is 2. The van der Waals surface area contributed by atoms with E-state index in [0.717, 1.165) is 0 Å². The summed E-state index contributed by atoms with van der Waals surface area (Å²) in [7, 11) is 1.72. The zero-order valence-electron chi connectivity index (χ0n) is 9.80. The summed E-state index contributed by atoms with van der Waals surface area (Å²) in [5.74, 6) is 0.328. The molecule has 0 fully saturated rings. The van der Waals surface area contributed by atoms with Crippen molar-refractivity contribution < 1.29 is 17.6 Å². The first-order valence-corrected chi connectivity index (χ1v) is 5.15. The highest BCUT2D eigenvalue weighted by atomic mass is 19.4. The van der Waals surface area contributed by atoms with Crippen LogP contribution >= 0.6 is 0 Å². The van der Waals surface area contributed by atoms with Gasteiger partial charge in [0, 0.05) is 6.04 Å². The molecule has 2 atom stereocenters. The van der Waals surface area contributed by atoms with Gasteiger partial charge in [0.1, 0.15) is 0 Å². The van der Waals surface area contributed by atoms with Crippen LogP contribution in [0.15, 0.2) is 4.42 Å². The van der Waals surface area contributed by atoms with Gasteiger partial charge in [-0.3, -0.25) is 0 Å². The Bertz CT molecular complexity index is 352. The molecule has 0 spiro atoms. The Morgan fingerprint density at radius 2 is 1.94 bits per heavy atom. The minimum atomic E-state index is -4.21. The molecule has 0 aliphatic heterocycles. The molecule has 0 aromatic carbocycles. The van der Waals surface area contributed by atoms with Crippen LogP contribution in [0.25, 0.3) is 0 Å². The molecule has 0 aliphatic carbocycles. The summed E-state index contributed by atoms with van der Waals surface area (Å²) in [5, 5.41) is 12.7. The molecular formula is C9H15F3N4O. The van der Waals surface area contributed by atoms with E-state index < -0.39 is 18.6 Å². The summed E-state index contributed by atoms with van der Waals surface area (Å²) in [5.41, 5.74) is 0. The third-order valence-electron chi connectivity index (χ3n) is 2.15. The Labute approximate surface area is 96.8 Å². The van der Waals surface area contributed by atoms with E-state index in [9.17, 15) is 13.2 Å². The fourth-order valence-corrected chi connectivity index (χ4v) is 1.20. The number of aromatic nitrogens is 2. The molecule has 1 heterocycles. The molecular weight excluding hydrogens is 237 g/mol. The fourth-order valence-electron chi connectivity index (χ4n) is 1.20. The second-order valence-corrected chi connectivity index (χ2v) is 3.82. The predicted octanol–water partition coefficient (Wildman–Crippen LogP) is 2.10. The molecule has 0 radical (unpaired) electrons. The standard InChI is InChI=1S/C9H15F3N4O/c1-5(4-9(10,11)12)14-8-16-15-7(17-8)6(2)13-3/h5-6,13H,4H2,1-3H3,(H,14,16). The van der Waals surface area contributed by atoms with E-state index in [0.29, 0.717) is 5.89 Å². The van der Waals surface area contributed by atoms with Crippen LogP contribution in [0.3, 0.4) is 0 Å². The average molecular weight is 252 g/mol. The monoisotopic (exact) mass is 252 g/mol. The molecule has 1 aromatic rings. The van der Waals surface area contributed by atoms with E-state index in [2.05, 4.69) is 20.8 Å². The number of anilines is 1. The Hall–Kier alpha value is -1.31. The average Bonchev–Trinajstić information content (AvgIpc) is 2.62. The highest BCUT2D eigenvalue weighted by Gasteiger charge is 2.30. The van der Waals surface area contributed by atoms with Gasteiger partial charge in [-0.05, 0) is 20.9 Å². The second-order valence-electron chi connectivity index (χ2n) is 3.82. The molecule has 0 saturated heterocycles. The lowest BCUT2D eigenvalue weighted by Crippen LogP contribution is -2.23. The van der Waals surface area contributed by atoms with Crippen LogP contribution in [0.2, 0.25) is 0 Å². The lowest BCUT2D eigenvalue weighted by molar-refractivity contribution is -0.136. The van der Waals surface area contributed by atoms with Crippen molar-refractivity contribution in [3.8, 4) is 0 Å². The minimum Gasteiger partial charge on any atom is -0.406 e. The van der Waals surface area contributed by atoms with Crippen molar-refractivity contribution in [2.24, 2.45) is 0 Å². The molecule has 0 saturated carbocycles. The van der Waals surface area contributed by atoms with Crippen LogP contribution in [-0.2, 0) is 0 Å². The maximum Gasteiger partial charge on any atom is 0.391 e. The first kappa shape index (κ1) is 13.8. The highest BCUT2D eigenvalue weighted by molar-refractivity contribution is 5.19. The zero-order valence-corrected chi connectivity index (χ0v) is 9.80. The van der Waals surface area contributed by atoms with Crippen molar-refractivity contribution in [1.82, 2.24) is 15.5 Å². The molecule has 8 heteroatoms. The van der Waals surface area contributed by atoms with Gasteiger partial charge in [-0.2, -0.15) is 13.2 Å². The van der Waals surface area contributed by atoms with Crippen LogP contribution in [0.5, 0.6) is 0 Å². The summed E-state index contributed by atoms with van der Waals surface area (Å²) in [6.07, 6.45) is -5.17. The van der Waals surface area contributed by atoms with Crippen molar-refractivity contribution in [1.29, 1.82) is 0 Å². The van der Waals surface area contributed by atoms with E-state index in [1.807, 2.05) is 0 Å². The van der Waals surface area contributed by atoms with E-state index in [-0.39, 0.29) is 12.1 Å². The van der Waals surface area contributed by atoms with Crippen LogP contribution < -0.4 is 10.6 Å². The summed E-state index contributed by atoms with van der Waals surface area (Å²) >= 11 is 0. The summed E-state index contributed by atoms with van der Waals surface area (Å²) < 4.78 is 41.4. The smallest absolute Gasteiger partial charge is 0.391 e. The minimum absolute atomic E-state index is 0.00106. The molecule has 5 nitrogen and oxygen atoms in total. The SMILES string of the molecule is CNC(C)c1nnc(NC(C)CC(F)(F)F)o1. The quantitative estimate of drug-likeness (QED) is 0.840. The topological polar surface area (TPSA) is 63.0 Å². The molecule has 0 bridgehead atoms. The van der Waals surface area contributed by atoms with Gasteiger partial charge in [-0.25, -0.2) is 0 Å². The van der Waals surface area contributed by atoms with Gasteiger partial charge >= 0.3 is 12.2 Å². The number of halogens is 3.